The fourth-order valence-electron chi connectivity index (χ4n) is 5.89. The van der Waals surface area contributed by atoms with Crippen LogP contribution in [0, 0.1) is 0 Å². The molecule has 1 spiro atoms. The van der Waals surface area contributed by atoms with Crippen molar-refractivity contribution in [1.29, 1.82) is 0 Å². The third kappa shape index (κ3) is 4.23. The maximum absolute atomic E-state index is 13.2. The van der Waals surface area contributed by atoms with Gasteiger partial charge in [0.05, 0.1) is 37.5 Å². The molecule has 31 heavy (non-hydrogen) atoms. The van der Waals surface area contributed by atoms with Crippen LogP contribution in [-0.2, 0) is 30.4 Å². The minimum atomic E-state index is -0.579. The highest BCUT2D eigenvalue weighted by Gasteiger charge is 2.49. The van der Waals surface area contributed by atoms with Crippen LogP contribution in [0.3, 0.4) is 0 Å². The van der Waals surface area contributed by atoms with E-state index < -0.39 is 5.54 Å². The molecule has 1 aliphatic carbocycles. The largest absolute Gasteiger partial charge is 0.376 e. The molecule has 1 aromatic rings. The van der Waals surface area contributed by atoms with Crippen molar-refractivity contribution < 1.29 is 23.8 Å². The lowest BCUT2D eigenvalue weighted by Crippen LogP contribution is -2.72. The molecule has 2 bridgehead atoms. The van der Waals surface area contributed by atoms with Crippen LogP contribution < -0.4 is 5.32 Å². The van der Waals surface area contributed by atoms with Gasteiger partial charge in [0.2, 0.25) is 11.8 Å². The minimum absolute atomic E-state index is 0.0316. The molecule has 1 N–H and O–H groups in total. The van der Waals surface area contributed by atoms with Crippen molar-refractivity contribution in [3.05, 3.63) is 35.4 Å². The van der Waals surface area contributed by atoms with E-state index in [1.54, 1.807) is 0 Å². The van der Waals surface area contributed by atoms with E-state index in [1.165, 1.54) is 11.1 Å². The fraction of sp³-hybridized carbons (Fsp3) is 0.667. The van der Waals surface area contributed by atoms with Gasteiger partial charge in [0.25, 0.3) is 0 Å². The van der Waals surface area contributed by atoms with E-state index in [9.17, 15) is 9.59 Å². The normalized spacial score (nSPS) is 34.6. The molecule has 4 heterocycles. The van der Waals surface area contributed by atoms with E-state index in [-0.39, 0.29) is 37.2 Å². The number of carbonyl (C=O) groups excluding carboxylic acids is 2. The third-order valence-corrected chi connectivity index (χ3v) is 7.48. The predicted molar refractivity (Wildman–Crippen MR) is 113 cm³/mol. The Bertz CT molecular complexity index is 818. The topological polar surface area (TPSA) is 77.1 Å². The first-order chi connectivity index (χ1) is 15.1. The Kier molecular flexibility index (Phi) is 5.99. The summed E-state index contributed by atoms with van der Waals surface area (Å²) in [5, 5.41) is 3.16. The van der Waals surface area contributed by atoms with Crippen LogP contribution >= 0.6 is 0 Å². The predicted octanol–water partition coefficient (Wildman–Crippen LogP) is 2.14. The quantitative estimate of drug-likeness (QED) is 0.685. The van der Waals surface area contributed by atoms with Crippen molar-refractivity contribution in [2.75, 3.05) is 33.0 Å². The summed E-state index contributed by atoms with van der Waals surface area (Å²) in [6.45, 7) is 2.04. The molecule has 7 heteroatoms. The van der Waals surface area contributed by atoms with Gasteiger partial charge in [0.15, 0.2) is 0 Å². The van der Waals surface area contributed by atoms with Gasteiger partial charge in [-0.2, -0.15) is 0 Å². The summed E-state index contributed by atoms with van der Waals surface area (Å²) in [7, 11) is 0. The van der Waals surface area contributed by atoms with E-state index in [4.69, 9.17) is 14.2 Å². The number of amides is 2. The fourth-order valence-corrected chi connectivity index (χ4v) is 5.89. The highest BCUT2D eigenvalue weighted by molar-refractivity contribution is 5.80. The van der Waals surface area contributed by atoms with Gasteiger partial charge >= 0.3 is 0 Å². The Morgan fingerprint density at radius 3 is 2.68 bits per heavy atom. The van der Waals surface area contributed by atoms with Crippen molar-refractivity contribution in [3.8, 4) is 0 Å². The first kappa shape index (κ1) is 20.9. The van der Waals surface area contributed by atoms with Crippen molar-refractivity contribution >= 4 is 11.8 Å². The van der Waals surface area contributed by atoms with E-state index in [2.05, 4.69) is 23.5 Å². The van der Waals surface area contributed by atoms with Gasteiger partial charge in [0, 0.05) is 6.54 Å². The zero-order chi connectivity index (χ0) is 21.3. The second-order valence-electron chi connectivity index (χ2n) is 9.40. The van der Waals surface area contributed by atoms with Gasteiger partial charge in [-0.3, -0.25) is 9.59 Å². The molecular formula is C24H32N2O5. The maximum atomic E-state index is 13.2. The average molecular weight is 429 g/mol. The summed E-state index contributed by atoms with van der Waals surface area (Å²) in [5.74, 6) is 0.349. The van der Waals surface area contributed by atoms with Crippen LogP contribution in [0.15, 0.2) is 24.3 Å². The molecule has 168 valence electrons. The van der Waals surface area contributed by atoms with Crippen molar-refractivity contribution in [2.45, 2.75) is 68.7 Å². The lowest BCUT2D eigenvalue weighted by Gasteiger charge is -2.51. The number of morpholine rings is 1. The van der Waals surface area contributed by atoms with Crippen LogP contribution in [0.2, 0.25) is 0 Å². The second kappa shape index (κ2) is 8.88. The molecule has 0 aromatic heterocycles. The van der Waals surface area contributed by atoms with Crippen LogP contribution in [0.1, 0.15) is 55.6 Å². The Hall–Kier alpha value is -1.96. The lowest BCUT2D eigenvalue weighted by atomic mass is 9.80. The molecule has 1 aromatic carbocycles. The SMILES string of the molecule is O=C1COCC2(CCCN3C(=O)COCc4ccccc4[C@H]4CC[C@H](CC4)OCC32)N1. The number of fused-ring (bicyclic) bond motifs is 6. The summed E-state index contributed by atoms with van der Waals surface area (Å²) >= 11 is 0. The number of nitrogens with zero attached hydrogens (tertiary/aromatic N) is 1. The molecule has 2 unspecified atom stereocenters. The number of hydrogen-bond acceptors (Lipinski definition) is 5. The smallest absolute Gasteiger partial charge is 0.248 e. The molecule has 6 rings (SSSR count). The first-order valence-electron chi connectivity index (χ1n) is 11.6. The number of piperidine rings is 1. The third-order valence-electron chi connectivity index (χ3n) is 7.48. The lowest BCUT2D eigenvalue weighted by molar-refractivity contribution is -0.158. The molecule has 3 fully saturated rings. The molecule has 7 nitrogen and oxygen atoms in total. The molecule has 2 saturated heterocycles. The van der Waals surface area contributed by atoms with Crippen LogP contribution in [-0.4, -0.2) is 67.4 Å². The number of nitrogens with one attached hydrogen (secondary N) is 1. The van der Waals surface area contributed by atoms with E-state index >= 15 is 0 Å². The van der Waals surface area contributed by atoms with Crippen LogP contribution in [0.4, 0.5) is 0 Å². The van der Waals surface area contributed by atoms with E-state index in [0.717, 1.165) is 38.5 Å². The van der Waals surface area contributed by atoms with Gasteiger partial charge in [-0.1, -0.05) is 24.3 Å². The van der Waals surface area contributed by atoms with Crippen LogP contribution in [0.5, 0.6) is 0 Å². The molecule has 0 radical (unpaired) electrons. The molecule has 2 amide bonds. The number of ether oxygens (including phenoxy) is 3. The van der Waals surface area contributed by atoms with Crippen molar-refractivity contribution in [2.24, 2.45) is 0 Å². The molecule has 4 aliphatic heterocycles. The zero-order valence-corrected chi connectivity index (χ0v) is 18.0. The van der Waals surface area contributed by atoms with Gasteiger partial charge in [-0.25, -0.2) is 0 Å². The first-order valence-corrected chi connectivity index (χ1v) is 11.6. The monoisotopic (exact) mass is 428 g/mol. The van der Waals surface area contributed by atoms with Crippen molar-refractivity contribution in [1.82, 2.24) is 10.2 Å². The number of rotatable bonds is 0. The Labute approximate surface area is 183 Å². The Morgan fingerprint density at radius 1 is 1.00 bits per heavy atom. The molecule has 1 saturated carbocycles. The standard InChI is InChI=1S/C24H32N2O5/c27-22-14-30-16-24(25-22)10-3-11-26-21(24)13-31-19-8-6-17(7-9-19)20-5-2-1-4-18(20)12-29-15-23(26)28/h1-2,4-5,17,19,21H,3,6-16H2,(H,25,27)/t17-,19+,21?,24?. The summed E-state index contributed by atoms with van der Waals surface area (Å²) in [6.07, 6.45) is 6.02. The molecule has 5 aliphatic rings. The Balaban J connectivity index is 1.41. The second-order valence-corrected chi connectivity index (χ2v) is 9.40. The average Bonchev–Trinajstić information content (AvgIpc) is 2.78. The summed E-state index contributed by atoms with van der Waals surface area (Å²) in [5.41, 5.74) is 1.95. The molecular weight excluding hydrogens is 396 g/mol. The zero-order valence-electron chi connectivity index (χ0n) is 18.0. The van der Waals surface area contributed by atoms with E-state index in [0.29, 0.717) is 32.3 Å². The number of carbonyl (C=O) groups is 2. The molecule has 2 atom stereocenters. The number of benzene rings is 1. The Morgan fingerprint density at radius 2 is 1.84 bits per heavy atom. The summed E-state index contributed by atoms with van der Waals surface area (Å²) in [6, 6.07) is 8.21. The highest BCUT2D eigenvalue weighted by atomic mass is 16.5. The maximum Gasteiger partial charge on any atom is 0.248 e. The van der Waals surface area contributed by atoms with Gasteiger partial charge in [-0.05, 0) is 55.6 Å². The highest BCUT2D eigenvalue weighted by Crippen LogP contribution is 2.37. The van der Waals surface area contributed by atoms with Crippen LogP contribution in [0.25, 0.3) is 0 Å². The van der Waals surface area contributed by atoms with Gasteiger partial charge < -0.3 is 24.4 Å². The summed E-state index contributed by atoms with van der Waals surface area (Å²) in [4.78, 5) is 27.2. The van der Waals surface area contributed by atoms with Crippen molar-refractivity contribution in [3.63, 3.8) is 0 Å². The number of hydrogen-bond donors (Lipinski definition) is 1. The summed E-state index contributed by atoms with van der Waals surface area (Å²) < 4.78 is 18.0. The minimum Gasteiger partial charge on any atom is -0.376 e. The van der Waals surface area contributed by atoms with Gasteiger partial charge in [-0.15, -0.1) is 0 Å². The van der Waals surface area contributed by atoms with Gasteiger partial charge in [0.1, 0.15) is 13.2 Å². The van der Waals surface area contributed by atoms with E-state index in [1.807, 2.05) is 11.0 Å².